The molecule has 2 aliphatic carbocycles. The molecule has 7 rings (SSSR count). The number of nitrogens with one attached hydrogen (secondary N) is 1. The highest BCUT2D eigenvalue weighted by atomic mass is 32.2. The normalized spacial score (nSPS) is 30.9. The van der Waals surface area contributed by atoms with Crippen LogP contribution < -0.4 is 14.7 Å². The molecular weight excluding hydrogens is 521 g/mol. The zero-order valence-electron chi connectivity index (χ0n) is 21.1. The van der Waals surface area contributed by atoms with E-state index in [1.54, 1.807) is 11.8 Å². The minimum Gasteiger partial charge on any atom is -0.372 e. The van der Waals surface area contributed by atoms with Gasteiger partial charge in [-0.1, -0.05) is 23.5 Å². The summed E-state index contributed by atoms with van der Waals surface area (Å²) >= 11 is 2.97. The molecule has 3 heterocycles. The number of carbonyl (C=O) groups excluding carboxylic acids is 2. The highest BCUT2D eigenvalue weighted by Crippen LogP contribution is 2.68. The van der Waals surface area contributed by atoms with Gasteiger partial charge in [0.05, 0.1) is 22.5 Å². The number of rotatable bonds is 5. The molecule has 0 spiro atoms. The number of nitrogens with zero attached hydrogens (tertiary/aromatic N) is 2. The lowest BCUT2D eigenvalue weighted by Gasteiger charge is -2.43. The number of carbonyl (C=O) groups is 2. The Hall–Kier alpha value is -2.91. The second kappa shape index (κ2) is 8.81. The molecule has 2 amide bonds. The van der Waals surface area contributed by atoms with Gasteiger partial charge in [-0.2, -0.15) is 0 Å². The van der Waals surface area contributed by atoms with Crippen LogP contribution in [0.15, 0.2) is 58.4 Å². The molecule has 38 heavy (non-hydrogen) atoms. The molecule has 1 saturated heterocycles. The molecule has 0 radical (unpaired) electrons. The molecule has 1 N–H and O–H groups in total. The molecule has 1 aromatic heterocycles. The summed E-state index contributed by atoms with van der Waals surface area (Å²) < 4.78 is 13.6. The zero-order valence-corrected chi connectivity index (χ0v) is 22.7. The number of anilines is 2. The third kappa shape index (κ3) is 3.33. The SMILES string of the molecule is CCN(CC)c1ccc([C@@H]2c3sc(=O)[nH]c3S[C@@H]3[C@H]4C[C@@H]([C@@H]5C(=O)N(c6ccc(F)cc6)C(=O)[C@@H]45)[C@H]23)cc1. The van der Waals surface area contributed by atoms with Crippen LogP contribution in [0.25, 0.3) is 0 Å². The van der Waals surface area contributed by atoms with Crippen molar-refractivity contribution < 1.29 is 14.0 Å². The van der Waals surface area contributed by atoms with Crippen LogP contribution in [0.4, 0.5) is 15.8 Å². The first kappa shape index (κ1) is 24.2. The van der Waals surface area contributed by atoms with E-state index in [0.717, 1.165) is 35.0 Å². The first-order valence-electron chi connectivity index (χ1n) is 13.3. The smallest absolute Gasteiger partial charge is 0.305 e. The lowest BCUT2D eigenvalue weighted by atomic mass is 9.68. The lowest BCUT2D eigenvalue weighted by Crippen LogP contribution is -2.42. The molecule has 9 heteroatoms. The number of aromatic amines is 1. The molecule has 2 bridgehead atoms. The number of thioether (sulfide) groups is 1. The Morgan fingerprint density at radius 2 is 1.61 bits per heavy atom. The monoisotopic (exact) mass is 549 g/mol. The summed E-state index contributed by atoms with van der Waals surface area (Å²) in [6, 6.07) is 14.3. The third-order valence-electron chi connectivity index (χ3n) is 9.19. The number of H-pyrrole nitrogens is 1. The van der Waals surface area contributed by atoms with Crippen molar-refractivity contribution in [2.24, 2.45) is 29.6 Å². The van der Waals surface area contributed by atoms with Gasteiger partial charge in [-0.25, -0.2) is 4.39 Å². The molecule has 6 nitrogen and oxygen atoms in total. The fourth-order valence-corrected chi connectivity index (χ4v) is 10.6. The van der Waals surface area contributed by atoms with Gasteiger partial charge >= 0.3 is 4.87 Å². The van der Waals surface area contributed by atoms with Crippen molar-refractivity contribution in [2.45, 2.75) is 36.5 Å². The summed E-state index contributed by atoms with van der Waals surface area (Å²) in [6.07, 6.45) is 0.847. The van der Waals surface area contributed by atoms with Crippen molar-refractivity contribution in [3.05, 3.63) is 74.5 Å². The predicted molar refractivity (Wildman–Crippen MR) is 147 cm³/mol. The van der Waals surface area contributed by atoms with Gasteiger partial charge in [0.25, 0.3) is 0 Å². The summed E-state index contributed by atoms with van der Waals surface area (Å²) in [4.78, 5) is 47.5. The van der Waals surface area contributed by atoms with E-state index in [9.17, 15) is 18.8 Å². The maximum atomic E-state index is 13.8. The van der Waals surface area contributed by atoms with Gasteiger partial charge in [-0.05, 0) is 80.0 Å². The summed E-state index contributed by atoms with van der Waals surface area (Å²) in [5.74, 6) is -1.16. The van der Waals surface area contributed by atoms with Crippen molar-refractivity contribution in [1.29, 1.82) is 0 Å². The summed E-state index contributed by atoms with van der Waals surface area (Å²) in [7, 11) is 0. The van der Waals surface area contributed by atoms with Crippen LogP contribution in [0.5, 0.6) is 0 Å². The number of imide groups is 1. The molecule has 7 atom stereocenters. The summed E-state index contributed by atoms with van der Waals surface area (Å²) in [6.45, 7) is 6.14. The second-order valence-electron chi connectivity index (χ2n) is 10.7. The van der Waals surface area contributed by atoms with Gasteiger partial charge in [0.1, 0.15) is 5.82 Å². The minimum absolute atomic E-state index is 0.00433. The fraction of sp³-hybridized carbons (Fsp3) is 0.414. The molecule has 0 unspecified atom stereocenters. The van der Waals surface area contributed by atoms with Crippen LogP contribution in [0.1, 0.15) is 36.6 Å². The number of hydrogen-bond acceptors (Lipinski definition) is 6. The number of amides is 2. The first-order valence-corrected chi connectivity index (χ1v) is 15.0. The van der Waals surface area contributed by atoms with Gasteiger partial charge < -0.3 is 9.88 Å². The maximum Gasteiger partial charge on any atom is 0.305 e. The highest BCUT2D eigenvalue weighted by Gasteiger charge is 2.69. The van der Waals surface area contributed by atoms with E-state index in [4.69, 9.17) is 0 Å². The van der Waals surface area contributed by atoms with E-state index in [2.05, 4.69) is 48.0 Å². The van der Waals surface area contributed by atoms with Gasteiger partial charge in [0, 0.05) is 34.8 Å². The van der Waals surface area contributed by atoms with E-state index in [1.165, 1.54) is 46.2 Å². The van der Waals surface area contributed by atoms with Crippen LogP contribution >= 0.6 is 23.1 Å². The molecule has 3 aromatic rings. The molecule has 2 aromatic carbocycles. The Bertz CT molecular complexity index is 1480. The Morgan fingerprint density at radius 3 is 2.26 bits per heavy atom. The molecule has 3 fully saturated rings. The van der Waals surface area contributed by atoms with Crippen molar-refractivity contribution in [1.82, 2.24) is 4.98 Å². The van der Waals surface area contributed by atoms with Crippen molar-refractivity contribution in [2.75, 3.05) is 22.9 Å². The molecule has 2 saturated carbocycles. The van der Waals surface area contributed by atoms with Gasteiger partial charge in [0.15, 0.2) is 0 Å². The number of aromatic nitrogens is 1. The Kier molecular flexibility index (Phi) is 5.60. The van der Waals surface area contributed by atoms with Crippen molar-refractivity contribution >= 4 is 46.3 Å². The Morgan fingerprint density at radius 1 is 0.947 bits per heavy atom. The largest absolute Gasteiger partial charge is 0.372 e. The first-order chi connectivity index (χ1) is 18.4. The predicted octanol–water partition coefficient (Wildman–Crippen LogP) is 5.10. The van der Waals surface area contributed by atoms with E-state index < -0.39 is 5.82 Å². The van der Waals surface area contributed by atoms with Gasteiger partial charge in [0.2, 0.25) is 11.8 Å². The van der Waals surface area contributed by atoms with E-state index in [1.807, 2.05) is 0 Å². The van der Waals surface area contributed by atoms with Crippen LogP contribution in [-0.2, 0) is 9.59 Å². The average molecular weight is 550 g/mol. The lowest BCUT2D eigenvalue weighted by molar-refractivity contribution is -0.123. The van der Waals surface area contributed by atoms with Crippen LogP contribution in [0.2, 0.25) is 0 Å². The van der Waals surface area contributed by atoms with E-state index >= 15 is 0 Å². The van der Waals surface area contributed by atoms with Crippen LogP contribution in [-0.4, -0.2) is 35.1 Å². The number of halogens is 1. The Balaban J connectivity index is 1.28. The number of benzene rings is 2. The quantitative estimate of drug-likeness (QED) is 0.449. The highest BCUT2D eigenvalue weighted by molar-refractivity contribution is 8.00. The number of thiazole rings is 1. The van der Waals surface area contributed by atoms with Gasteiger partial charge in [-0.15, -0.1) is 11.8 Å². The second-order valence-corrected chi connectivity index (χ2v) is 12.9. The zero-order chi connectivity index (χ0) is 26.3. The summed E-state index contributed by atoms with van der Waals surface area (Å²) in [5, 5.41) is 1.06. The third-order valence-corrected chi connectivity index (χ3v) is 11.8. The van der Waals surface area contributed by atoms with Gasteiger partial charge in [-0.3, -0.25) is 19.3 Å². The average Bonchev–Trinajstić information content (AvgIpc) is 3.65. The fourth-order valence-electron chi connectivity index (χ4n) is 7.72. The standard InChI is InChI=1S/C29H28FN3O3S2/c1-3-32(4-2)16-9-5-14(6-10-16)20-21-18-13-19(24(21)37-26-25(20)38-29(36)31-26)23-22(18)27(34)33(28(23)35)17-11-7-15(30)8-12-17/h5-12,18-24H,3-4,13H2,1-2H3,(H,31,36)/t18-,19+,20+,21-,22+,23+,24-/m1/s1. The van der Waals surface area contributed by atoms with E-state index in [-0.39, 0.29) is 57.4 Å². The Labute approximate surface area is 228 Å². The molecule has 196 valence electrons. The van der Waals surface area contributed by atoms with Crippen molar-refractivity contribution in [3.63, 3.8) is 0 Å². The molecule has 2 aliphatic heterocycles. The van der Waals surface area contributed by atoms with Crippen LogP contribution in [0, 0.1) is 35.4 Å². The minimum atomic E-state index is -0.398. The van der Waals surface area contributed by atoms with Crippen LogP contribution in [0.3, 0.4) is 0 Å². The molecule has 4 aliphatic rings. The number of hydrogen-bond donors (Lipinski definition) is 1. The molecular formula is C29H28FN3O3S2. The summed E-state index contributed by atoms with van der Waals surface area (Å²) in [5.41, 5.74) is 2.77. The van der Waals surface area contributed by atoms with E-state index in [0.29, 0.717) is 5.69 Å². The van der Waals surface area contributed by atoms with Crippen molar-refractivity contribution in [3.8, 4) is 0 Å². The topological polar surface area (TPSA) is 73.5 Å². The maximum absolute atomic E-state index is 13.8. The number of fused-ring (bicyclic) bond motifs is 9.